The molecule has 87 heavy (non-hydrogen) atoms. The molecule has 31 heteroatoms. The molecule has 1 fully saturated rings. The lowest BCUT2D eigenvalue weighted by Gasteiger charge is -2.29. The highest BCUT2D eigenvalue weighted by Crippen LogP contribution is 2.21. The van der Waals surface area contributed by atoms with Crippen LogP contribution in [-0.2, 0) is 70.4 Å². The third kappa shape index (κ3) is 25.1. The lowest BCUT2D eigenvalue weighted by Crippen LogP contribution is -2.61. The SMILES string of the molecule is CC(C)C[C@H](NC(=O)[C@@H]1CCCN1C(=O)[C@@H](N)CCC(N)=O)C(=O)N[C@@H](CCCNC(=N)N)C(=O)N[C@@H](CS)C(=O)N[C@@H](Cc1ccc(O)cc1)C(=O)N[C@@H](CO)C(=O)N[C@@H](C)C(=O)N[C@H](C(=O)NCC(=O)N[C@@H](Cc1ccccc1)C(=O)O)C(C)C. The van der Waals surface area contributed by atoms with Crippen LogP contribution in [0.3, 0.4) is 0 Å². The Morgan fingerprint density at radius 3 is 1.80 bits per heavy atom. The van der Waals surface area contributed by atoms with Gasteiger partial charge in [0.25, 0.3) is 0 Å². The first kappa shape index (κ1) is 72.7. The Bertz CT molecular complexity index is 2720. The number of aliphatic hydroxyl groups is 1. The zero-order valence-corrected chi connectivity index (χ0v) is 50.3. The van der Waals surface area contributed by atoms with Gasteiger partial charge in [0.05, 0.1) is 19.2 Å². The molecule has 11 amide bonds. The van der Waals surface area contributed by atoms with Gasteiger partial charge in [-0.25, -0.2) is 4.79 Å². The predicted octanol–water partition coefficient (Wildman–Crippen LogP) is -4.25. The number of carbonyl (C=O) groups excluding carboxylic acids is 11. The predicted molar refractivity (Wildman–Crippen MR) is 319 cm³/mol. The average molecular weight is 1240 g/mol. The third-order valence-electron chi connectivity index (χ3n) is 13.8. The van der Waals surface area contributed by atoms with E-state index in [1.807, 2.05) is 0 Å². The van der Waals surface area contributed by atoms with Gasteiger partial charge in [0, 0.05) is 38.1 Å². The molecule has 0 bridgehead atoms. The summed E-state index contributed by atoms with van der Waals surface area (Å²) in [5.41, 5.74) is 17.8. The number of rotatable bonds is 36. The Morgan fingerprint density at radius 1 is 0.655 bits per heavy atom. The number of hydrogen-bond acceptors (Lipinski definition) is 17. The van der Waals surface area contributed by atoms with Crippen LogP contribution in [-0.4, -0.2) is 190 Å². The lowest BCUT2D eigenvalue weighted by atomic mass is 10.0. The molecule has 1 aliphatic rings. The van der Waals surface area contributed by atoms with E-state index < -0.39 is 150 Å². The highest BCUT2D eigenvalue weighted by atomic mass is 32.1. The molecular weight excluding hydrogens is 1150 g/mol. The van der Waals surface area contributed by atoms with E-state index in [1.165, 1.54) is 36.1 Å². The number of aromatic hydroxyl groups is 1. The summed E-state index contributed by atoms with van der Waals surface area (Å²) in [6.07, 6.45) is 0.301. The Balaban J connectivity index is 1.76. The summed E-state index contributed by atoms with van der Waals surface area (Å²) in [6.45, 7) is 6.60. The van der Waals surface area contributed by atoms with Crippen LogP contribution in [0.4, 0.5) is 0 Å². The molecule has 3 rings (SSSR count). The fourth-order valence-electron chi connectivity index (χ4n) is 9.03. The van der Waals surface area contributed by atoms with Gasteiger partial charge in [0.15, 0.2) is 5.96 Å². The molecule has 1 saturated heterocycles. The van der Waals surface area contributed by atoms with Crippen molar-refractivity contribution >= 4 is 89.5 Å². The number of likely N-dealkylation sites (tertiary alicyclic amines) is 1. The molecule has 2 aromatic carbocycles. The van der Waals surface area contributed by atoms with Gasteiger partial charge < -0.3 is 90.6 Å². The number of amides is 11. The van der Waals surface area contributed by atoms with Gasteiger partial charge in [-0.3, -0.25) is 58.1 Å². The summed E-state index contributed by atoms with van der Waals surface area (Å²) in [5, 5.41) is 62.5. The van der Waals surface area contributed by atoms with Crippen LogP contribution < -0.4 is 70.4 Å². The van der Waals surface area contributed by atoms with E-state index in [0.29, 0.717) is 17.5 Å². The minimum Gasteiger partial charge on any atom is -0.508 e. The molecule has 480 valence electrons. The van der Waals surface area contributed by atoms with Gasteiger partial charge in [-0.1, -0.05) is 70.2 Å². The second kappa shape index (κ2) is 36.4. The molecule has 0 aliphatic carbocycles. The Kier molecular flexibility index (Phi) is 30.4. The number of phenols is 1. The molecule has 30 nitrogen and oxygen atoms in total. The smallest absolute Gasteiger partial charge is 0.326 e. The molecule has 10 atom stereocenters. The fourth-order valence-corrected chi connectivity index (χ4v) is 9.28. The van der Waals surface area contributed by atoms with Gasteiger partial charge in [-0.05, 0) is 80.5 Å². The molecule has 0 radical (unpaired) electrons. The lowest BCUT2D eigenvalue weighted by molar-refractivity contribution is -0.141. The minimum atomic E-state index is -1.75. The van der Waals surface area contributed by atoms with Gasteiger partial charge in [-0.2, -0.15) is 12.6 Å². The summed E-state index contributed by atoms with van der Waals surface area (Å²) in [4.78, 5) is 161. The van der Waals surface area contributed by atoms with Crippen LogP contribution >= 0.6 is 12.6 Å². The number of hydrogen-bond donors (Lipinski definition) is 18. The van der Waals surface area contributed by atoms with Crippen LogP contribution in [0.5, 0.6) is 5.75 Å². The van der Waals surface area contributed by atoms with Crippen molar-refractivity contribution in [2.24, 2.45) is 29.0 Å². The minimum absolute atomic E-state index is 0.0282. The van der Waals surface area contributed by atoms with Crippen LogP contribution in [0.1, 0.15) is 90.7 Å². The van der Waals surface area contributed by atoms with E-state index >= 15 is 0 Å². The van der Waals surface area contributed by atoms with E-state index in [1.54, 1.807) is 58.0 Å². The monoisotopic (exact) mass is 1240 g/mol. The van der Waals surface area contributed by atoms with Gasteiger partial charge in [0.1, 0.15) is 60.1 Å². The van der Waals surface area contributed by atoms with E-state index in [-0.39, 0.29) is 87.8 Å². The summed E-state index contributed by atoms with van der Waals surface area (Å²) in [6, 6.07) is 0.465. The molecule has 0 saturated carbocycles. The first-order valence-electron chi connectivity index (χ1n) is 28.4. The number of carbonyl (C=O) groups is 12. The number of phenolic OH excluding ortho intramolecular Hbond substituents is 1. The topological polar surface area (TPSA) is 491 Å². The Labute approximate surface area is 509 Å². The first-order valence-corrected chi connectivity index (χ1v) is 29.1. The van der Waals surface area contributed by atoms with Crippen molar-refractivity contribution in [3.8, 4) is 5.75 Å². The van der Waals surface area contributed by atoms with Crippen molar-refractivity contribution in [2.45, 2.75) is 153 Å². The maximum atomic E-state index is 14.2. The molecular formula is C56H85N15O15S. The number of aliphatic hydroxyl groups excluding tert-OH is 1. The van der Waals surface area contributed by atoms with Crippen molar-refractivity contribution in [1.29, 1.82) is 5.41 Å². The molecule has 0 spiro atoms. The molecule has 0 unspecified atom stereocenters. The van der Waals surface area contributed by atoms with Crippen molar-refractivity contribution in [3.63, 3.8) is 0 Å². The van der Waals surface area contributed by atoms with E-state index in [4.69, 9.17) is 22.6 Å². The first-order chi connectivity index (χ1) is 41.0. The highest BCUT2D eigenvalue weighted by Gasteiger charge is 2.39. The van der Waals surface area contributed by atoms with Gasteiger partial charge in [-0.15, -0.1) is 0 Å². The number of benzene rings is 2. The number of nitrogens with two attached hydrogens (primary N) is 3. The van der Waals surface area contributed by atoms with Gasteiger partial charge >= 0.3 is 5.97 Å². The standard InChI is InChI=1S/C56H85N15O15S/c1-29(2)23-37(67-52(82)42-14-10-22-71(42)54(84)35(57)19-20-43(58)74)48(78)65-36(13-9-21-61-56(59)60)47(77)69-41(28-87)51(81)66-38(24-33-15-17-34(73)18-16-33)49(79)68-40(27-72)50(80)63-31(5)46(76)70-45(30(3)4)53(83)62-26-44(75)64-39(55(85)86)25-32-11-7-6-8-12-32/h6-8,11-12,15-18,29-31,35-42,45,72-73,87H,9-10,13-14,19-28,57H2,1-5H3,(H2,58,74)(H,62,83)(H,63,80)(H,64,75)(H,65,78)(H,66,81)(H,67,82)(H,68,79)(H,69,77)(H,70,76)(H,85,86)(H4,59,60,61)/t31-,35-,36-,37-,38-,39-,40-,41-,42-,45-/m0/s1. The Morgan fingerprint density at radius 2 is 1.22 bits per heavy atom. The van der Waals surface area contributed by atoms with Crippen molar-refractivity contribution in [2.75, 3.05) is 32.0 Å². The van der Waals surface area contributed by atoms with E-state index in [2.05, 4.69) is 65.8 Å². The third-order valence-corrected chi connectivity index (χ3v) is 14.2. The highest BCUT2D eigenvalue weighted by molar-refractivity contribution is 7.80. The zero-order chi connectivity index (χ0) is 65.1. The second-order valence-corrected chi connectivity index (χ2v) is 22.1. The maximum Gasteiger partial charge on any atom is 0.326 e. The summed E-state index contributed by atoms with van der Waals surface area (Å²) in [5.74, 6) is -12.2. The number of aliphatic carboxylic acids is 1. The maximum absolute atomic E-state index is 14.2. The van der Waals surface area contributed by atoms with Gasteiger partial charge in [0.2, 0.25) is 65.0 Å². The van der Waals surface area contributed by atoms with Crippen molar-refractivity contribution in [1.82, 2.24) is 58.1 Å². The normalized spacial score (nSPS) is 15.9. The van der Waals surface area contributed by atoms with Crippen LogP contribution in [0, 0.1) is 17.2 Å². The van der Waals surface area contributed by atoms with Crippen molar-refractivity contribution in [3.05, 3.63) is 65.7 Å². The molecule has 20 N–H and O–H groups in total. The number of guanidine groups is 1. The molecule has 1 heterocycles. The van der Waals surface area contributed by atoms with E-state index in [0.717, 1.165) is 0 Å². The molecule has 2 aromatic rings. The molecule has 0 aromatic heterocycles. The average Bonchev–Trinajstić information content (AvgIpc) is 3.09. The van der Waals surface area contributed by atoms with Crippen LogP contribution in [0.25, 0.3) is 0 Å². The quantitative estimate of drug-likeness (QED) is 0.0133. The number of thiol groups is 1. The number of carboxylic acid groups (broad SMARTS) is 1. The number of primary amides is 1. The summed E-state index contributed by atoms with van der Waals surface area (Å²) >= 11 is 4.29. The molecule has 1 aliphatic heterocycles. The second-order valence-electron chi connectivity index (χ2n) is 21.8. The zero-order valence-electron chi connectivity index (χ0n) is 49.4. The summed E-state index contributed by atoms with van der Waals surface area (Å²) < 4.78 is 0. The number of nitrogens with zero attached hydrogens (tertiary/aromatic N) is 1. The van der Waals surface area contributed by atoms with Crippen molar-refractivity contribution < 1.29 is 72.9 Å². The summed E-state index contributed by atoms with van der Waals surface area (Å²) in [7, 11) is 0. The largest absolute Gasteiger partial charge is 0.508 e. The van der Waals surface area contributed by atoms with Crippen LogP contribution in [0.2, 0.25) is 0 Å². The number of carboxylic acids is 1. The van der Waals surface area contributed by atoms with E-state index in [9.17, 15) is 72.9 Å². The Hall–Kier alpha value is -8.58. The number of nitrogens with one attached hydrogen (secondary N) is 11. The fraction of sp³-hybridized carbons (Fsp3) is 0.554. The van der Waals surface area contributed by atoms with Crippen LogP contribution in [0.15, 0.2) is 54.6 Å².